The van der Waals surface area contributed by atoms with Crippen LogP contribution in [0.25, 0.3) is 11.3 Å². The number of nitrogens with zero attached hydrogens (tertiary/aromatic N) is 1. The highest BCUT2D eigenvalue weighted by Crippen LogP contribution is 2.32. The van der Waals surface area contributed by atoms with E-state index in [1.807, 2.05) is 0 Å². The molecule has 0 N–H and O–H groups in total. The van der Waals surface area contributed by atoms with Crippen molar-refractivity contribution in [3.05, 3.63) is 51.8 Å². The van der Waals surface area contributed by atoms with Gasteiger partial charge in [0, 0.05) is 6.07 Å². The maximum Gasteiger partial charge on any atom is 0.375 e. The van der Waals surface area contributed by atoms with Crippen LogP contribution >= 0.6 is 0 Å². The first-order chi connectivity index (χ1) is 10.0. The number of terminal acetylenes is 1. The largest absolute Gasteiger partial charge is 0.449 e. The molecule has 0 spiro atoms. The molecular formula is C15H11NO5. The van der Waals surface area contributed by atoms with Gasteiger partial charge in [-0.1, -0.05) is 12.0 Å². The Morgan fingerprint density at radius 1 is 1.43 bits per heavy atom. The highest BCUT2D eigenvalue weighted by molar-refractivity contribution is 5.87. The Bertz CT molecular complexity index is 739. The number of carbonyl (C=O) groups is 1. The zero-order chi connectivity index (χ0) is 15.4. The molecule has 0 amide bonds. The van der Waals surface area contributed by atoms with Gasteiger partial charge in [0.25, 0.3) is 5.69 Å². The molecule has 0 aliphatic rings. The molecule has 0 saturated heterocycles. The van der Waals surface area contributed by atoms with Crippen molar-refractivity contribution in [1.29, 1.82) is 0 Å². The second-order valence-corrected chi connectivity index (χ2v) is 4.22. The predicted octanol–water partition coefficient (Wildman–Crippen LogP) is 2.95. The van der Waals surface area contributed by atoms with Gasteiger partial charge >= 0.3 is 5.97 Å². The fourth-order valence-corrected chi connectivity index (χ4v) is 1.77. The summed E-state index contributed by atoms with van der Waals surface area (Å²) in [6.07, 6.45) is 4.99. The van der Waals surface area contributed by atoms with Crippen molar-refractivity contribution in [3.8, 4) is 23.7 Å². The van der Waals surface area contributed by atoms with E-state index in [0.717, 1.165) is 5.56 Å². The molecule has 21 heavy (non-hydrogen) atoms. The molecule has 0 atom stereocenters. The molecule has 106 valence electrons. The summed E-state index contributed by atoms with van der Waals surface area (Å²) in [5.74, 6) is 1.61. The number of hydrogen-bond acceptors (Lipinski definition) is 5. The number of nitro benzene ring substituents is 1. The van der Waals surface area contributed by atoms with E-state index in [4.69, 9.17) is 15.6 Å². The summed E-state index contributed by atoms with van der Waals surface area (Å²) >= 11 is 0. The van der Waals surface area contributed by atoms with Crippen molar-refractivity contribution in [1.82, 2.24) is 0 Å². The maximum atomic E-state index is 11.6. The third kappa shape index (κ3) is 3.09. The second-order valence-electron chi connectivity index (χ2n) is 4.22. The van der Waals surface area contributed by atoms with E-state index in [2.05, 4.69) is 5.92 Å². The topological polar surface area (TPSA) is 82.6 Å². The Labute approximate surface area is 120 Å². The molecule has 0 saturated carbocycles. The molecule has 6 nitrogen and oxygen atoms in total. The first kappa shape index (κ1) is 14.3. The molecule has 6 heteroatoms. The summed E-state index contributed by atoms with van der Waals surface area (Å²) in [6.45, 7) is 1.58. The minimum Gasteiger partial charge on any atom is -0.449 e. The lowest BCUT2D eigenvalue weighted by atomic mass is 10.1. The Kier molecular flexibility index (Phi) is 4.05. The predicted molar refractivity (Wildman–Crippen MR) is 74.7 cm³/mol. The van der Waals surface area contributed by atoms with Crippen molar-refractivity contribution in [2.24, 2.45) is 0 Å². The average Bonchev–Trinajstić information content (AvgIpc) is 2.94. The van der Waals surface area contributed by atoms with E-state index < -0.39 is 10.9 Å². The van der Waals surface area contributed by atoms with E-state index in [-0.39, 0.29) is 23.8 Å². The van der Waals surface area contributed by atoms with Crippen LogP contribution in [0.5, 0.6) is 0 Å². The SMILES string of the molecule is C#CCOC(=O)c1ccc(-c2ccc(C)cc2[N+](=O)[O-])o1. The van der Waals surface area contributed by atoms with Gasteiger partial charge in [0.2, 0.25) is 5.76 Å². The second kappa shape index (κ2) is 5.92. The standard InChI is InChI=1S/C15H11NO5/c1-3-8-20-15(17)14-7-6-13(21-14)11-5-4-10(2)9-12(11)16(18)19/h1,4-7,9H,8H2,2H3. The third-order valence-electron chi connectivity index (χ3n) is 2.71. The first-order valence-corrected chi connectivity index (χ1v) is 5.98. The Balaban J connectivity index is 2.36. The summed E-state index contributed by atoms with van der Waals surface area (Å²) in [4.78, 5) is 22.2. The van der Waals surface area contributed by atoms with Crippen LogP contribution in [0, 0.1) is 29.4 Å². The maximum absolute atomic E-state index is 11.6. The van der Waals surface area contributed by atoms with Gasteiger partial charge in [-0.2, -0.15) is 0 Å². The van der Waals surface area contributed by atoms with Gasteiger partial charge < -0.3 is 9.15 Å². The molecule has 0 radical (unpaired) electrons. The highest BCUT2D eigenvalue weighted by Gasteiger charge is 2.20. The fraction of sp³-hybridized carbons (Fsp3) is 0.133. The zero-order valence-electron chi connectivity index (χ0n) is 11.2. The summed E-state index contributed by atoms with van der Waals surface area (Å²) in [6, 6.07) is 7.60. The lowest BCUT2D eigenvalue weighted by molar-refractivity contribution is -0.384. The third-order valence-corrected chi connectivity index (χ3v) is 2.71. The van der Waals surface area contributed by atoms with E-state index in [0.29, 0.717) is 5.56 Å². The van der Waals surface area contributed by atoms with Gasteiger partial charge in [0.15, 0.2) is 6.61 Å². The van der Waals surface area contributed by atoms with E-state index in [9.17, 15) is 14.9 Å². The van der Waals surface area contributed by atoms with Crippen molar-refractivity contribution < 1.29 is 18.9 Å². The molecule has 2 aromatic rings. The molecular weight excluding hydrogens is 274 g/mol. The molecule has 0 aliphatic heterocycles. The average molecular weight is 285 g/mol. The molecule has 0 bridgehead atoms. The number of carbonyl (C=O) groups excluding carboxylic acids is 1. The number of hydrogen-bond donors (Lipinski definition) is 0. The molecule has 2 rings (SSSR count). The van der Waals surface area contributed by atoms with Crippen LogP contribution in [-0.4, -0.2) is 17.5 Å². The molecule has 0 fully saturated rings. The van der Waals surface area contributed by atoms with Crippen LogP contribution in [0.3, 0.4) is 0 Å². The van der Waals surface area contributed by atoms with Gasteiger partial charge in [-0.15, -0.1) is 6.42 Å². The molecule has 1 heterocycles. The fourth-order valence-electron chi connectivity index (χ4n) is 1.77. The molecule has 1 aromatic carbocycles. The molecule has 0 aliphatic carbocycles. The smallest absolute Gasteiger partial charge is 0.375 e. The number of ether oxygens (including phenoxy) is 1. The number of aryl methyl sites for hydroxylation is 1. The zero-order valence-corrected chi connectivity index (χ0v) is 11.2. The van der Waals surface area contributed by atoms with Gasteiger partial charge in [0.1, 0.15) is 5.76 Å². The summed E-state index contributed by atoms with van der Waals surface area (Å²) in [5.41, 5.74) is 0.958. The van der Waals surface area contributed by atoms with Gasteiger partial charge in [-0.25, -0.2) is 4.79 Å². The van der Waals surface area contributed by atoms with Gasteiger partial charge in [0.05, 0.1) is 10.5 Å². The van der Waals surface area contributed by atoms with E-state index in [1.165, 1.54) is 18.2 Å². The number of nitro groups is 1. The number of esters is 1. The number of rotatable bonds is 4. The van der Waals surface area contributed by atoms with Crippen LogP contribution in [0.15, 0.2) is 34.7 Å². The van der Waals surface area contributed by atoms with Crippen LogP contribution in [-0.2, 0) is 4.74 Å². The van der Waals surface area contributed by atoms with Crippen molar-refractivity contribution in [3.63, 3.8) is 0 Å². The number of benzene rings is 1. The molecule has 0 unspecified atom stereocenters. The number of furan rings is 1. The Morgan fingerprint density at radius 2 is 2.19 bits per heavy atom. The van der Waals surface area contributed by atoms with Crippen LogP contribution in [0.1, 0.15) is 16.1 Å². The minimum absolute atomic E-state index is 0.0601. The molecule has 1 aromatic heterocycles. The summed E-state index contributed by atoms with van der Waals surface area (Å²) in [7, 11) is 0. The van der Waals surface area contributed by atoms with Crippen LogP contribution in [0.4, 0.5) is 5.69 Å². The lowest BCUT2D eigenvalue weighted by Gasteiger charge is -2.01. The monoisotopic (exact) mass is 285 g/mol. The van der Waals surface area contributed by atoms with E-state index >= 15 is 0 Å². The van der Waals surface area contributed by atoms with Crippen LogP contribution in [0.2, 0.25) is 0 Å². The lowest BCUT2D eigenvalue weighted by Crippen LogP contribution is -2.03. The van der Waals surface area contributed by atoms with Crippen LogP contribution < -0.4 is 0 Å². The van der Waals surface area contributed by atoms with Gasteiger partial charge in [-0.05, 0) is 30.7 Å². The Hall–Kier alpha value is -3.07. The first-order valence-electron chi connectivity index (χ1n) is 5.98. The Morgan fingerprint density at radius 3 is 2.86 bits per heavy atom. The summed E-state index contributed by atoms with van der Waals surface area (Å²) < 4.78 is 10.0. The quantitative estimate of drug-likeness (QED) is 0.373. The van der Waals surface area contributed by atoms with E-state index in [1.54, 1.807) is 19.1 Å². The summed E-state index contributed by atoms with van der Waals surface area (Å²) in [5, 5.41) is 11.1. The normalized spacial score (nSPS) is 9.90. The van der Waals surface area contributed by atoms with Gasteiger partial charge in [-0.3, -0.25) is 10.1 Å². The van der Waals surface area contributed by atoms with Crippen molar-refractivity contribution in [2.45, 2.75) is 6.92 Å². The van der Waals surface area contributed by atoms with Crippen molar-refractivity contribution >= 4 is 11.7 Å². The highest BCUT2D eigenvalue weighted by atomic mass is 16.6. The van der Waals surface area contributed by atoms with Crippen molar-refractivity contribution in [2.75, 3.05) is 6.61 Å². The minimum atomic E-state index is -0.714.